The fraction of sp³-hybridized carbons (Fsp3) is 0.565. The van der Waals surface area contributed by atoms with Crippen LogP contribution in [0.3, 0.4) is 0 Å². The zero-order valence-corrected chi connectivity index (χ0v) is 17.7. The first-order valence-electron chi connectivity index (χ1n) is 11.6. The van der Waals surface area contributed by atoms with Crippen molar-refractivity contribution in [2.45, 2.75) is 44.6 Å². The Morgan fingerprint density at radius 1 is 1.16 bits per heavy atom. The van der Waals surface area contributed by atoms with Crippen molar-refractivity contribution in [3.63, 3.8) is 0 Å². The molecule has 1 saturated heterocycles. The van der Waals surface area contributed by atoms with Gasteiger partial charge in [0.2, 0.25) is 0 Å². The molecular weight excluding hydrogens is 388 g/mol. The largest absolute Gasteiger partial charge is 0.355 e. The van der Waals surface area contributed by atoms with Gasteiger partial charge in [0.25, 0.3) is 0 Å². The summed E-state index contributed by atoms with van der Waals surface area (Å²) < 4.78 is 0. The third-order valence-corrected chi connectivity index (χ3v) is 8.34. The van der Waals surface area contributed by atoms with Gasteiger partial charge in [-0.15, -0.1) is 0 Å². The van der Waals surface area contributed by atoms with E-state index in [0.717, 1.165) is 78.5 Å². The Hall–Kier alpha value is -2.74. The van der Waals surface area contributed by atoms with Gasteiger partial charge in [-0.05, 0) is 67.9 Å². The minimum Gasteiger partial charge on any atom is -0.355 e. The minimum absolute atomic E-state index is 0.373. The molecule has 3 aromatic rings. The molecule has 4 aliphatic rings. The first-order valence-corrected chi connectivity index (χ1v) is 11.6. The number of aryl methyl sites for hydroxylation is 1. The van der Waals surface area contributed by atoms with Gasteiger partial charge in [0.05, 0.1) is 17.6 Å². The number of anilines is 3. The number of rotatable bonds is 2. The highest BCUT2D eigenvalue weighted by Gasteiger charge is 2.59. The topological polar surface area (TPSA) is 99.9 Å². The van der Waals surface area contributed by atoms with E-state index in [4.69, 9.17) is 15.7 Å². The molecule has 0 amide bonds. The molecule has 1 spiro atoms. The molecule has 0 unspecified atom stereocenters. The number of hydrogen-bond acceptors (Lipinski definition) is 7. The molecule has 3 aromatic heterocycles. The van der Waals surface area contributed by atoms with Crippen LogP contribution in [0.2, 0.25) is 0 Å². The second-order valence-electron chi connectivity index (χ2n) is 9.94. The lowest BCUT2D eigenvalue weighted by Gasteiger charge is -2.43. The molecule has 0 radical (unpaired) electrons. The average molecular weight is 417 g/mol. The van der Waals surface area contributed by atoms with Gasteiger partial charge in [0.15, 0.2) is 17.0 Å². The van der Waals surface area contributed by atoms with Crippen LogP contribution in [0.15, 0.2) is 24.5 Å². The van der Waals surface area contributed by atoms with Crippen molar-refractivity contribution < 1.29 is 0 Å². The Morgan fingerprint density at radius 3 is 2.90 bits per heavy atom. The second kappa shape index (κ2) is 6.38. The number of piperidine rings is 1. The third kappa shape index (κ3) is 2.63. The average Bonchev–Trinajstić information content (AvgIpc) is 3.36. The van der Waals surface area contributed by atoms with Crippen molar-refractivity contribution in [1.82, 2.24) is 25.1 Å². The van der Waals surface area contributed by atoms with Crippen LogP contribution < -0.4 is 15.5 Å². The van der Waals surface area contributed by atoms with Gasteiger partial charge in [0.1, 0.15) is 5.82 Å². The van der Waals surface area contributed by atoms with Gasteiger partial charge >= 0.3 is 0 Å². The molecule has 2 saturated carbocycles. The van der Waals surface area contributed by atoms with E-state index < -0.39 is 0 Å². The van der Waals surface area contributed by atoms with Crippen LogP contribution in [0.25, 0.3) is 11.2 Å². The van der Waals surface area contributed by atoms with Crippen molar-refractivity contribution in [3.05, 3.63) is 30.2 Å². The maximum atomic E-state index is 6.63. The Balaban J connectivity index is 1.15. The Labute approximate surface area is 181 Å². The Morgan fingerprint density at radius 2 is 2.06 bits per heavy atom. The van der Waals surface area contributed by atoms with E-state index in [1.807, 2.05) is 18.5 Å². The zero-order chi connectivity index (χ0) is 20.6. The van der Waals surface area contributed by atoms with Crippen molar-refractivity contribution in [2.75, 3.05) is 29.4 Å². The highest BCUT2D eigenvalue weighted by atomic mass is 15.3. The summed E-state index contributed by atoms with van der Waals surface area (Å²) in [7, 11) is 0. The van der Waals surface area contributed by atoms with E-state index in [1.54, 1.807) is 0 Å². The normalized spacial score (nSPS) is 28.7. The van der Waals surface area contributed by atoms with Gasteiger partial charge in [-0.2, -0.15) is 5.10 Å². The molecule has 8 heteroatoms. The predicted molar refractivity (Wildman–Crippen MR) is 119 cm³/mol. The number of nitrogens with zero attached hydrogens (tertiary/aromatic N) is 6. The lowest BCUT2D eigenvalue weighted by atomic mass is 9.72. The van der Waals surface area contributed by atoms with E-state index in [2.05, 4.69) is 31.0 Å². The zero-order valence-electron chi connectivity index (χ0n) is 17.7. The molecule has 3 atom stereocenters. The van der Waals surface area contributed by atoms with Crippen LogP contribution in [-0.4, -0.2) is 50.8 Å². The van der Waals surface area contributed by atoms with Crippen LogP contribution in [0.4, 0.5) is 17.3 Å². The first kappa shape index (κ1) is 17.9. The van der Waals surface area contributed by atoms with Crippen LogP contribution in [0, 0.1) is 17.3 Å². The van der Waals surface area contributed by atoms with Crippen LogP contribution in [0.5, 0.6) is 0 Å². The molecule has 5 heterocycles. The van der Waals surface area contributed by atoms with Crippen LogP contribution in [0.1, 0.15) is 37.8 Å². The quantitative estimate of drug-likeness (QED) is 0.662. The van der Waals surface area contributed by atoms with E-state index in [-0.39, 0.29) is 0 Å². The maximum absolute atomic E-state index is 6.63. The van der Waals surface area contributed by atoms with E-state index in [0.29, 0.717) is 11.5 Å². The molecule has 0 bridgehead atoms. The lowest BCUT2D eigenvalue weighted by molar-refractivity contribution is 0.172. The Kier molecular flexibility index (Phi) is 3.69. The molecule has 7 rings (SSSR count). The third-order valence-electron chi connectivity index (χ3n) is 8.34. The Bertz CT molecular complexity index is 1150. The monoisotopic (exact) mass is 416 g/mol. The summed E-state index contributed by atoms with van der Waals surface area (Å²) >= 11 is 0. The summed E-state index contributed by atoms with van der Waals surface area (Å²) in [4.78, 5) is 18.8. The van der Waals surface area contributed by atoms with Gasteiger partial charge in [-0.25, -0.2) is 9.97 Å². The molecule has 3 fully saturated rings. The molecule has 31 heavy (non-hydrogen) atoms. The van der Waals surface area contributed by atoms with Gasteiger partial charge in [-0.1, -0.05) is 0 Å². The SMILES string of the molecule is N[C@H]1[C@@H]2C[C@H]2CC12CCN(c1cnc3c(N4CCCc5ncccc54)n[nH]c3n1)CC2. The molecule has 160 valence electrons. The minimum atomic E-state index is 0.373. The molecule has 2 aliphatic heterocycles. The van der Waals surface area contributed by atoms with E-state index in [9.17, 15) is 0 Å². The number of pyridine rings is 1. The maximum Gasteiger partial charge on any atom is 0.183 e. The van der Waals surface area contributed by atoms with Crippen LogP contribution in [-0.2, 0) is 6.42 Å². The van der Waals surface area contributed by atoms with Gasteiger partial charge in [-0.3, -0.25) is 10.1 Å². The highest BCUT2D eigenvalue weighted by Crippen LogP contribution is 2.62. The summed E-state index contributed by atoms with van der Waals surface area (Å²) in [6.07, 6.45) is 10.9. The lowest BCUT2D eigenvalue weighted by Crippen LogP contribution is -2.48. The number of nitrogens with two attached hydrogens (primary N) is 1. The number of aromatic nitrogens is 5. The predicted octanol–water partition coefficient (Wildman–Crippen LogP) is 2.79. The van der Waals surface area contributed by atoms with Crippen LogP contribution >= 0.6 is 0 Å². The van der Waals surface area contributed by atoms with Crippen molar-refractivity contribution in [1.29, 1.82) is 0 Å². The van der Waals surface area contributed by atoms with Crippen molar-refractivity contribution in [3.8, 4) is 0 Å². The van der Waals surface area contributed by atoms with Crippen molar-refractivity contribution >= 4 is 28.5 Å². The number of nitrogens with one attached hydrogen (secondary N) is 1. The fourth-order valence-corrected chi connectivity index (χ4v) is 6.51. The number of H-pyrrole nitrogens is 1. The number of fused-ring (bicyclic) bond motifs is 3. The summed E-state index contributed by atoms with van der Waals surface area (Å²) in [5, 5.41) is 7.73. The fourth-order valence-electron chi connectivity index (χ4n) is 6.51. The van der Waals surface area contributed by atoms with E-state index >= 15 is 0 Å². The molecule has 3 N–H and O–H groups in total. The smallest absolute Gasteiger partial charge is 0.183 e. The standard InChI is InChI=1S/C23H28N8/c24-20-15-11-14(15)12-23(20)5-9-30(10-6-23)18-13-26-19-21(27-18)28-29-22(19)31-8-2-3-16-17(31)4-1-7-25-16/h1,4,7,13-15,20H,2-3,5-6,8-12,24H2,(H,27,28,29)/t14-,15+,20-/m0/s1. The second-order valence-corrected chi connectivity index (χ2v) is 9.94. The molecule has 2 aliphatic carbocycles. The summed E-state index contributed by atoms with van der Waals surface area (Å²) in [6, 6.07) is 4.51. The summed E-state index contributed by atoms with van der Waals surface area (Å²) in [5.74, 6) is 3.50. The van der Waals surface area contributed by atoms with E-state index in [1.165, 1.54) is 25.7 Å². The van der Waals surface area contributed by atoms with Crippen molar-refractivity contribution in [2.24, 2.45) is 23.0 Å². The van der Waals surface area contributed by atoms with Gasteiger partial charge in [0, 0.05) is 31.9 Å². The number of hydrogen-bond donors (Lipinski definition) is 2. The first-order chi connectivity index (χ1) is 15.2. The summed E-state index contributed by atoms with van der Waals surface area (Å²) in [6.45, 7) is 2.94. The molecular formula is C23H28N8. The van der Waals surface area contributed by atoms with Gasteiger partial charge < -0.3 is 15.5 Å². The molecule has 0 aromatic carbocycles. The summed E-state index contributed by atoms with van der Waals surface area (Å²) in [5.41, 5.74) is 10.8. The molecule has 8 nitrogen and oxygen atoms in total. The highest BCUT2D eigenvalue weighted by molar-refractivity contribution is 5.87. The number of aromatic amines is 1.